The molecule has 0 saturated carbocycles. The predicted octanol–water partition coefficient (Wildman–Crippen LogP) is 2.39. The average molecular weight is 296 g/mol. The molecule has 1 N–H and O–H groups in total. The van der Waals surface area contributed by atoms with E-state index in [2.05, 4.69) is 20.4 Å². The first-order valence-electron chi connectivity index (χ1n) is 6.46. The minimum atomic E-state index is -0.485. The molecule has 0 spiro atoms. The van der Waals surface area contributed by atoms with Crippen LogP contribution in [-0.4, -0.2) is 28.1 Å². The fourth-order valence-electron chi connectivity index (χ4n) is 1.82. The van der Waals surface area contributed by atoms with Gasteiger partial charge >= 0.3 is 11.8 Å². The summed E-state index contributed by atoms with van der Waals surface area (Å²) < 4.78 is 10.1. The molecule has 110 valence electrons. The summed E-state index contributed by atoms with van der Waals surface area (Å²) in [5.74, 6) is 0.370. The maximum atomic E-state index is 12.1. The van der Waals surface area contributed by atoms with Crippen LogP contribution >= 0.6 is 0 Å². The molecule has 0 atom stereocenters. The van der Waals surface area contributed by atoms with Gasteiger partial charge in [0.15, 0.2) is 0 Å². The molecule has 1 amide bonds. The quantitative estimate of drug-likeness (QED) is 0.795. The standard InChI is InChI=1S/C15H12N4O3/c1-21-12-4-2-3-11(9-12)17-14(20)15-18-13(19-22-15)10-5-7-16-8-6-10/h2-9H,1H3,(H,17,20). The first-order chi connectivity index (χ1) is 10.8. The molecule has 0 aliphatic rings. The fraction of sp³-hybridized carbons (Fsp3) is 0.0667. The molecule has 0 bridgehead atoms. The van der Waals surface area contributed by atoms with Crippen LogP contribution in [0.2, 0.25) is 0 Å². The smallest absolute Gasteiger partial charge is 0.316 e. The number of nitrogens with one attached hydrogen (secondary N) is 1. The number of amides is 1. The number of ether oxygens (including phenoxy) is 1. The molecule has 0 fully saturated rings. The van der Waals surface area contributed by atoms with Crippen LogP contribution in [0.4, 0.5) is 5.69 Å². The maximum absolute atomic E-state index is 12.1. The zero-order valence-electron chi connectivity index (χ0n) is 11.7. The van der Waals surface area contributed by atoms with E-state index in [4.69, 9.17) is 9.26 Å². The lowest BCUT2D eigenvalue weighted by Gasteiger charge is -2.04. The Morgan fingerprint density at radius 3 is 2.82 bits per heavy atom. The highest BCUT2D eigenvalue weighted by atomic mass is 16.5. The molecule has 7 heteroatoms. The first kappa shape index (κ1) is 13.7. The zero-order chi connectivity index (χ0) is 15.4. The number of hydrogen-bond donors (Lipinski definition) is 1. The number of nitrogens with zero attached hydrogens (tertiary/aromatic N) is 3. The van der Waals surface area contributed by atoms with Gasteiger partial charge in [0.1, 0.15) is 5.75 Å². The lowest BCUT2D eigenvalue weighted by Crippen LogP contribution is -2.12. The minimum Gasteiger partial charge on any atom is -0.497 e. The molecule has 2 heterocycles. The van der Waals surface area contributed by atoms with E-state index in [9.17, 15) is 4.79 Å². The van der Waals surface area contributed by atoms with E-state index in [0.717, 1.165) is 5.56 Å². The lowest BCUT2D eigenvalue weighted by molar-refractivity contribution is 0.0981. The minimum absolute atomic E-state index is 0.116. The number of carbonyl (C=O) groups is 1. The largest absolute Gasteiger partial charge is 0.497 e. The average Bonchev–Trinajstić information content (AvgIpc) is 3.06. The van der Waals surface area contributed by atoms with Crippen molar-refractivity contribution in [1.82, 2.24) is 15.1 Å². The summed E-state index contributed by atoms with van der Waals surface area (Å²) in [6.07, 6.45) is 3.23. The van der Waals surface area contributed by atoms with Gasteiger partial charge < -0.3 is 14.6 Å². The van der Waals surface area contributed by atoms with Crippen LogP contribution < -0.4 is 10.1 Å². The number of methoxy groups -OCH3 is 1. The highest BCUT2D eigenvalue weighted by molar-refractivity contribution is 6.01. The molecular formula is C15H12N4O3. The van der Waals surface area contributed by atoms with Crippen LogP contribution in [0.1, 0.15) is 10.7 Å². The summed E-state index contributed by atoms with van der Waals surface area (Å²) >= 11 is 0. The SMILES string of the molecule is COc1cccc(NC(=O)c2nc(-c3ccncc3)no2)c1. The summed E-state index contributed by atoms with van der Waals surface area (Å²) in [5.41, 5.74) is 1.30. The Morgan fingerprint density at radius 2 is 2.05 bits per heavy atom. The second-order valence-corrected chi connectivity index (χ2v) is 4.35. The van der Waals surface area contributed by atoms with Gasteiger partial charge in [0, 0.05) is 29.7 Å². The molecule has 0 aliphatic carbocycles. The van der Waals surface area contributed by atoms with E-state index in [-0.39, 0.29) is 5.89 Å². The molecule has 2 aromatic heterocycles. The van der Waals surface area contributed by atoms with Crippen LogP contribution in [0.3, 0.4) is 0 Å². The normalized spacial score (nSPS) is 10.2. The predicted molar refractivity (Wildman–Crippen MR) is 78.5 cm³/mol. The second-order valence-electron chi connectivity index (χ2n) is 4.35. The van der Waals surface area contributed by atoms with Crippen molar-refractivity contribution in [2.75, 3.05) is 12.4 Å². The van der Waals surface area contributed by atoms with Crippen molar-refractivity contribution < 1.29 is 14.1 Å². The number of aromatic nitrogens is 3. The summed E-state index contributed by atoms with van der Waals surface area (Å²) in [5, 5.41) is 6.45. The van der Waals surface area contributed by atoms with Crippen LogP contribution in [0, 0.1) is 0 Å². The van der Waals surface area contributed by atoms with Crippen molar-refractivity contribution in [3.63, 3.8) is 0 Å². The van der Waals surface area contributed by atoms with Gasteiger partial charge in [-0.15, -0.1) is 0 Å². The zero-order valence-corrected chi connectivity index (χ0v) is 11.7. The number of pyridine rings is 1. The van der Waals surface area contributed by atoms with Crippen molar-refractivity contribution >= 4 is 11.6 Å². The van der Waals surface area contributed by atoms with Gasteiger partial charge in [-0.05, 0) is 24.3 Å². The van der Waals surface area contributed by atoms with Gasteiger partial charge in [-0.2, -0.15) is 4.98 Å². The molecule has 0 unspecified atom stereocenters. The molecule has 22 heavy (non-hydrogen) atoms. The van der Waals surface area contributed by atoms with Gasteiger partial charge in [-0.25, -0.2) is 0 Å². The van der Waals surface area contributed by atoms with E-state index < -0.39 is 5.91 Å². The number of carbonyl (C=O) groups excluding carboxylic acids is 1. The summed E-state index contributed by atoms with van der Waals surface area (Å²) in [6, 6.07) is 10.4. The van der Waals surface area contributed by atoms with Gasteiger partial charge in [0.25, 0.3) is 0 Å². The van der Waals surface area contributed by atoms with E-state index in [1.165, 1.54) is 0 Å². The monoisotopic (exact) mass is 296 g/mol. The maximum Gasteiger partial charge on any atom is 0.316 e. The van der Waals surface area contributed by atoms with Crippen LogP contribution in [0.5, 0.6) is 5.75 Å². The molecule has 3 aromatic rings. The van der Waals surface area contributed by atoms with Gasteiger partial charge in [0.2, 0.25) is 5.82 Å². The number of benzene rings is 1. The lowest BCUT2D eigenvalue weighted by atomic mass is 10.2. The van der Waals surface area contributed by atoms with Gasteiger partial charge in [-0.3, -0.25) is 9.78 Å². The third kappa shape index (κ3) is 2.93. The number of rotatable bonds is 4. The van der Waals surface area contributed by atoms with E-state index in [0.29, 0.717) is 17.3 Å². The van der Waals surface area contributed by atoms with Crippen molar-refractivity contribution in [3.8, 4) is 17.1 Å². The summed E-state index contributed by atoms with van der Waals surface area (Å²) in [4.78, 5) is 20.1. The molecule has 1 aromatic carbocycles. The molecule has 7 nitrogen and oxygen atoms in total. The first-order valence-corrected chi connectivity index (χ1v) is 6.46. The molecule has 0 radical (unpaired) electrons. The second kappa shape index (κ2) is 6.04. The van der Waals surface area contributed by atoms with Crippen molar-refractivity contribution in [3.05, 3.63) is 54.7 Å². The third-order valence-electron chi connectivity index (χ3n) is 2.89. The Balaban J connectivity index is 1.77. The van der Waals surface area contributed by atoms with Gasteiger partial charge in [0.05, 0.1) is 7.11 Å². The summed E-state index contributed by atoms with van der Waals surface area (Å²) in [7, 11) is 1.56. The van der Waals surface area contributed by atoms with Crippen LogP contribution in [0.15, 0.2) is 53.3 Å². The topological polar surface area (TPSA) is 90.1 Å². The van der Waals surface area contributed by atoms with Gasteiger partial charge in [-0.1, -0.05) is 11.2 Å². The molecule has 3 rings (SSSR count). The van der Waals surface area contributed by atoms with E-state index >= 15 is 0 Å². The highest BCUT2D eigenvalue weighted by Crippen LogP contribution is 2.18. The number of hydrogen-bond acceptors (Lipinski definition) is 6. The van der Waals surface area contributed by atoms with E-state index in [1.807, 2.05) is 0 Å². The number of anilines is 1. The van der Waals surface area contributed by atoms with Crippen molar-refractivity contribution in [2.24, 2.45) is 0 Å². The Kier molecular flexibility index (Phi) is 3.78. The van der Waals surface area contributed by atoms with Crippen LogP contribution in [-0.2, 0) is 0 Å². The fourth-order valence-corrected chi connectivity index (χ4v) is 1.82. The van der Waals surface area contributed by atoms with E-state index in [1.54, 1.807) is 55.9 Å². The molecule has 0 aliphatic heterocycles. The molecular weight excluding hydrogens is 284 g/mol. The Labute approximate surface area is 126 Å². The summed E-state index contributed by atoms with van der Waals surface area (Å²) in [6.45, 7) is 0. The van der Waals surface area contributed by atoms with Crippen LogP contribution in [0.25, 0.3) is 11.4 Å². The molecule has 0 saturated heterocycles. The van der Waals surface area contributed by atoms with Crippen molar-refractivity contribution in [1.29, 1.82) is 0 Å². The Morgan fingerprint density at radius 1 is 1.23 bits per heavy atom. The van der Waals surface area contributed by atoms with Crippen molar-refractivity contribution in [2.45, 2.75) is 0 Å². The highest BCUT2D eigenvalue weighted by Gasteiger charge is 2.16. The Hall–Kier alpha value is -3.22. The third-order valence-corrected chi connectivity index (χ3v) is 2.89. The Bertz CT molecular complexity index is 786.